The zero-order chi connectivity index (χ0) is 8.72. The number of nitrogens with one attached hydrogen (secondary N) is 1. The summed E-state index contributed by atoms with van der Waals surface area (Å²) in [4.78, 5) is 3.16. The van der Waals surface area contributed by atoms with E-state index >= 15 is 0 Å². The van der Waals surface area contributed by atoms with Crippen LogP contribution < -0.4 is 0 Å². The lowest BCUT2D eigenvalue weighted by molar-refractivity contribution is 1.34. The molecule has 1 aromatic heterocycles. The first-order valence-corrected chi connectivity index (χ1v) is 4.30. The maximum Gasteiger partial charge on any atom is 0.0659 e. The standard InChI is InChI=1S/C10H10ClN/c1-6-3-4-8-9(11)5-12-10(8)7(6)2/h3-5,12H,1-2H3. The first-order valence-electron chi connectivity index (χ1n) is 3.93. The first-order chi connectivity index (χ1) is 5.70. The minimum absolute atomic E-state index is 0.799. The van der Waals surface area contributed by atoms with Gasteiger partial charge in [0, 0.05) is 11.6 Å². The summed E-state index contributed by atoms with van der Waals surface area (Å²) in [7, 11) is 0. The fourth-order valence-electron chi connectivity index (χ4n) is 1.41. The Morgan fingerprint density at radius 1 is 1.25 bits per heavy atom. The molecule has 0 aliphatic carbocycles. The topological polar surface area (TPSA) is 15.8 Å². The van der Waals surface area contributed by atoms with Crippen LogP contribution in [0.25, 0.3) is 10.9 Å². The van der Waals surface area contributed by atoms with Crippen LogP contribution >= 0.6 is 11.6 Å². The van der Waals surface area contributed by atoms with E-state index in [-0.39, 0.29) is 0 Å². The van der Waals surface area contributed by atoms with Crippen molar-refractivity contribution in [2.45, 2.75) is 13.8 Å². The van der Waals surface area contributed by atoms with E-state index in [0.29, 0.717) is 0 Å². The van der Waals surface area contributed by atoms with Gasteiger partial charge < -0.3 is 4.98 Å². The molecule has 0 radical (unpaired) electrons. The molecule has 1 heterocycles. The molecular formula is C10H10ClN. The number of aromatic nitrogens is 1. The largest absolute Gasteiger partial charge is 0.360 e. The van der Waals surface area contributed by atoms with Gasteiger partial charge in [-0.3, -0.25) is 0 Å². The molecule has 0 unspecified atom stereocenters. The van der Waals surface area contributed by atoms with Gasteiger partial charge in [-0.05, 0) is 25.0 Å². The van der Waals surface area contributed by atoms with Crippen molar-refractivity contribution >= 4 is 22.5 Å². The molecule has 0 saturated heterocycles. The average Bonchev–Trinajstić information content (AvgIpc) is 2.41. The van der Waals surface area contributed by atoms with E-state index in [1.165, 1.54) is 11.1 Å². The summed E-state index contributed by atoms with van der Waals surface area (Å²) in [6.45, 7) is 4.20. The molecule has 1 N–H and O–H groups in total. The molecule has 0 fully saturated rings. The normalized spacial score (nSPS) is 10.9. The van der Waals surface area contributed by atoms with Crippen LogP contribution in [0.5, 0.6) is 0 Å². The molecule has 2 rings (SSSR count). The molecule has 2 heteroatoms. The van der Waals surface area contributed by atoms with Crippen LogP contribution in [-0.4, -0.2) is 4.98 Å². The smallest absolute Gasteiger partial charge is 0.0659 e. The Morgan fingerprint density at radius 2 is 2.00 bits per heavy atom. The van der Waals surface area contributed by atoms with Crippen LogP contribution in [0.1, 0.15) is 11.1 Å². The fourth-order valence-corrected chi connectivity index (χ4v) is 1.63. The van der Waals surface area contributed by atoms with Gasteiger partial charge in [0.2, 0.25) is 0 Å². The van der Waals surface area contributed by atoms with E-state index in [1.807, 2.05) is 6.20 Å². The summed E-state index contributed by atoms with van der Waals surface area (Å²) in [5.41, 5.74) is 3.72. The molecule has 0 spiro atoms. The van der Waals surface area contributed by atoms with Gasteiger partial charge in [-0.25, -0.2) is 0 Å². The van der Waals surface area contributed by atoms with Crippen LogP contribution in [-0.2, 0) is 0 Å². The molecule has 62 valence electrons. The summed E-state index contributed by atoms with van der Waals surface area (Å²) in [6, 6.07) is 4.15. The van der Waals surface area contributed by atoms with Crippen molar-refractivity contribution in [1.29, 1.82) is 0 Å². The Kier molecular flexibility index (Phi) is 1.62. The van der Waals surface area contributed by atoms with Gasteiger partial charge in [0.25, 0.3) is 0 Å². The van der Waals surface area contributed by atoms with Gasteiger partial charge in [0.1, 0.15) is 0 Å². The summed E-state index contributed by atoms with van der Waals surface area (Å²) < 4.78 is 0. The zero-order valence-electron chi connectivity index (χ0n) is 7.11. The Bertz CT molecular complexity index is 429. The van der Waals surface area contributed by atoms with Crippen LogP contribution in [0.15, 0.2) is 18.3 Å². The number of benzene rings is 1. The lowest BCUT2D eigenvalue weighted by atomic mass is 10.1. The molecule has 0 amide bonds. The molecular weight excluding hydrogens is 170 g/mol. The zero-order valence-corrected chi connectivity index (χ0v) is 7.87. The minimum atomic E-state index is 0.799. The molecule has 12 heavy (non-hydrogen) atoms. The van der Waals surface area contributed by atoms with Gasteiger partial charge >= 0.3 is 0 Å². The Labute approximate surface area is 76.4 Å². The highest BCUT2D eigenvalue weighted by Gasteiger charge is 2.04. The number of H-pyrrole nitrogens is 1. The van der Waals surface area contributed by atoms with Crippen molar-refractivity contribution in [3.8, 4) is 0 Å². The van der Waals surface area contributed by atoms with E-state index in [2.05, 4.69) is 31.0 Å². The second-order valence-corrected chi connectivity index (χ2v) is 3.47. The molecule has 0 atom stereocenters. The fraction of sp³-hybridized carbons (Fsp3) is 0.200. The minimum Gasteiger partial charge on any atom is -0.360 e. The highest BCUT2D eigenvalue weighted by atomic mass is 35.5. The number of hydrogen-bond acceptors (Lipinski definition) is 0. The number of hydrogen-bond donors (Lipinski definition) is 1. The summed E-state index contributed by atoms with van der Waals surface area (Å²) in [6.07, 6.45) is 1.83. The summed E-state index contributed by atoms with van der Waals surface area (Å²) in [5, 5.41) is 1.91. The molecule has 2 aromatic rings. The van der Waals surface area contributed by atoms with Crippen LogP contribution in [0.2, 0.25) is 5.02 Å². The quantitative estimate of drug-likeness (QED) is 0.638. The molecule has 0 aliphatic rings. The highest BCUT2D eigenvalue weighted by Crippen LogP contribution is 2.26. The van der Waals surface area contributed by atoms with E-state index in [9.17, 15) is 0 Å². The third-order valence-electron chi connectivity index (χ3n) is 2.34. The van der Waals surface area contributed by atoms with E-state index in [1.54, 1.807) is 0 Å². The molecule has 0 saturated carbocycles. The maximum absolute atomic E-state index is 5.97. The third kappa shape index (κ3) is 0.935. The summed E-state index contributed by atoms with van der Waals surface area (Å²) >= 11 is 5.97. The molecule has 1 aromatic carbocycles. The number of rotatable bonds is 0. The van der Waals surface area contributed by atoms with Gasteiger partial charge in [0.15, 0.2) is 0 Å². The van der Waals surface area contributed by atoms with Crippen LogP contribution in [0.3, 0.4) is 0 Å². The van der Waals surface area contributed by atoms with Crippen molar-refractivity contribution in [3.05, 3.63) is 34.5 Å². The van der Waals surface area contributed by atoms with E-state index in [4.69, 9.17) is 11.6 Å². The Morgan fingerprint density at radius 3 is 2.75 bits per heavy atom. The third-order valence-corrected chi connectivity index (χ3v) is 2.65. The molecule has 0 aliphatic heterocycles. The van der Waals surface area contributed by atoms with Crippen molar-refractivity contribution in [2.24, 2.45) is 0 Å². The van der Waals surface area contributed by atoms with Crippen molar-refractivity contribution in [2.75, 3.05) is 0 Å². The van der Waals surface area contributed by atoms with Crippen molar-refractivity contribution in [1.82, 2.24) is 4.98 Å². The molecule has 1 nitrogen and oxygen atoms in total. The maximum atomic E-state index is 5.97. The number of aromatic amines is 1. The lowest BCUT2D eigenvalue weighted by Gasteiger charge is -2.00. The Hall–Kier alpha value is -0.950. The SMILES string of the molecule is Cc1ccc2c(Cl)c[nH]c2c1C. The first kappa shape index (κ1) is 7.69. The second-order valence-electron chi connectivity index (χ2n) is 3.07. The van der Waals surface area contributed by atoms with Gasteiger partial charge in [-0.15, -0.1) is 0 Å². The van der Waals surface area contributed by atoms with Gasteiger partial charge in [-0.2, -0.15) is 0 Å². The molecule has 0 bridgehead atoms. The number of halogens is 1. The van der Waals surface area contributed by atoms with Gasteiger partial charge in [0.05, 0.1) is 10.5 Å². The van der Waals surface area contributed by atoms with Gasteiger partial charge in [-0.1, -0.05) is 23.7 Å². The Balaban J connectivity index is 2.93. The van der Waals surface area contributed by atoms with E-state index in [0.717, 1.165) is 15.9 Å². The predicted octanol–water partition coefficient (Wildman–Crippen LogP) is 3.44. The monoisotopic (exact) mass is 179 g/mol. The van der Waals surface area contributed by atoms with E-state index < -0.39 is 0 Å². The number of aryl methyl sites for hydroxylation is 2. The van der Waals surface area contributed by atoms with Crippen LogP contribution in [0, 0.1) is 13.8 Å². The second kappa shape index (κ2) is 2.53. The average molecular weight is 180 g/mol. The number of fused-ring (bicyclic) bond motifs is 1. The predicted molar refractivity (Wildman–Crippen MR) is 52.8 cm³/mol. The highest BCUT2D eigenvalue weighted by molar-refractivity contribution is 6.35. The summed E-state index contributed by atoms with van der Waals surface area (Å²) in [5.74, 6) is 0. The van der Waals surface area contributed by atoms with Crippen LogP contribution in [0.4, 0.5) is 0 Å². The van der Waals surface area contributed by atoms with Crippen molar-refractivity contribution < 1.29 is 0 Å². The lowest BCUT2D eigenvalue weighted by Crippen LogP contribution is -1.81. The van der Waals surface area contributed by atoms with Crippen molar-refractivity contribution in [3.63, 3.8) is 0 Å².